The van der Waals surface area contributed by atoms with Gasteiger partial charge in [-0.25, -0.2) is 0 Å². The second-order valence-electron chi connectivity index (χ2n) is 4.60. The molecule has 0 fully saturated rings. The summed E-state index contributed by atoms with van der Waals surface area (Å²) in [6, 6.07) is 15.7. The lowest BCUT2D eigenvalue weighted by atomic mass is 10.1. The Morgan fingerprint density at radius 3 is 2.52 bits per heavy atom. The molecule has 0 aromatic heterocycles. The highest BCUT2D eigenvalue weighted by atomic mass is 16.6. The van der Waals surface area contributed by atoms with Gasteiger partial charge >= 0.3 is 0 Å². The van der Waals surface area contributed by atoms with Crippen molar-refractivity contribution in [2.24, 2.45) is 0 Å². The van der Waals surface area contributed by atoms with E-state index < -0.39 is 4.92 Å². The van der Waals surface area contributed by atoms with Crippen LogP contribution in [0.4, 0.5) is 5.69 Å². The van der Waals surface area contributed by atoms with Crippen LogP contribution in [-0.4, -0.2) is 12.0 Å². The molecular formula is C18H14N2O3. The number of nitrogens with zero attached hydrogens (tertiary/aromatic N) is 2. The predicted molar refractivity (Wildman–Crippen MR) is 88.7 cm³/mol. The van der Waals surface area contributed by atoms with Crippen LogP contribution in [0.1, 0.15) is 11.1 Å². The fourth-order valence-corrected chi connectivity index (χ4v) is 2.01. The van der Waals surface area contributed by atoms with Crippen LogP contribution >= 0.6 is 0 Å². The van der Waals surface area contributed by atoms with Crippen molar-refractivity contribution in [2.45, 2.75) is 0 Å². The van der Waals surface area contributed by atoms with Crippen molar-refractivity contribution in [1.82, 2.24) is 0 Å². The highest BCUT2D eigenvalue weighted by molar-refractivity contribution is 5.79. The Bertz CT molecular complexity index is 800. The average Bonchev–Trinajstić information content (AvgIpc) is 2.59. The minimum atomic E-state index is -0.432. The van der Waals surface area contributed by atoms with Gasteiger partial charge in [0, 0.05) is 6.07 Å². The van der Waals surface area contributed by atoms with Gasteiger partial charge < -0.3 is 4.74 Å². The molecule has 0 saturated carbocycles. The first-order chi connectivity index (χ1) is 11.2. The third-order valence-corrected chi connectivity index (χ3v) is 3.19. The standard InChI is InChI=1S/C18H14N2O3/c1-23-17-11-9-14(10-12-17)16(13-19)7-4-6-15-5-2-3-8-18(15)20(21)22/h2-12H,1H3. The van der Waals surface area contributed by atoms with E-state index in [4.69, 9.17) is 4.74 Å². The number of methoxy groups -OCH3 is 1. The number of nitriles is 1. The molecule has 0 radical (unpaired) electrons. The molecule has 0 aliphatic heterocycles. The van der Waals surface area contributed by atoms with Crippen molar-refractivity contribution in [2.75, 3.05) is 7.11 Å². The SMILES string of the molecule is COc1ccc(C(C#N)=CC=Cc2ccccc2[N+](=O)[O-])cc1. The maximum Gasteiger partial charge on any atom is 0.276 e. The topological polar surface area (TPSA) is 76.2 Å². The zero-order valence-corrected chi connectivity index (χ0v) is 12.5. The third-order valence-electron chi connectivity index (χ3n) is 3.19. The Morgan fingerprint density at radius 2 is 1.91 bits per heavy atom. The fourth-order valence-electron chi connectivity index (χ4n) is 2.01. The van der Waals surface area contributed by atoms with Crippen molar-refractivity contribution in [1.29, 1.82) is 5.26 Å². The zero-order valence-electron chi connectivity index (χ0n) is 12.5. The smallest absolute Gasteiger partial charge is 0.276 e. The summed E-state index contributed by atoms with van der Waals surface area (Å²) in [6.07, 6.45) is 4.86. The van der Waals surface area contributed by atoms with Crippen molar-refractivity contribution in [3.63, 3.8) is 0 Å². The van der Waals surface area contributed by atoms with Gasteiger partial charge in [0.1, 0.15) is 5.75 Å². The fraction of sp³-hybridized carbons (Fsp3) is 0.0556. The van der Waals surface area contributed by atoms with Gasteiger partial charge in [-0.2, -0.15) is 5.26 Å². The molecule has 114 valence electrons. The van der Waals surface area contributed by atoms with E-state index >= 15 is 0 Å². The van der Waals surface area contributed by atoms with E-state index in [0.717, 1.165) is 5.56 Å². The van der Waals surface area contributed by atoms with Crippen LogP contribution in [-0.2, 0) is 0 Å². The number of nitro benzene ring substituents is 1. The normalized spacial score (nSPS) is 11.2. The monoisotopic (exact) mass is 306 g/mol. The molecule has 0 N–H and O–H groups in total. The maximum atomic E-state index is 10.9. The number of benzene rings is 2. The molecule has 0 saturated heterocycles. The van der Waals surface area contributed by atoms with E-state index in [1.165, 1.54) is 6.07 Å². The Morgan fingerprint density at radius 1 is 1.22 bits per heavy atom. The molecule has 2 aromatic carbocycles. The predicted octanol–water partition coefficient (Wildman–Crippen LogP) is 4.22. The molecular weight excluding hydrogens is 292 g/mol. The summed E-state index contributed by atoms with van der Waals surface area (Å²) in [7, 11) is 1.57. The molecule has 0 aliphatic carbocycles. The van der Waals surface area contributed by atoms with E-state index in [0.29, 0.717) is 16.9 Å². The number of para-hydroxylation sites is 1. The molecule has 2 aromatic rings. The van der Waals surface area contributed by atoms with E-state index in [1.807, 2.05) is 0 Å². The van der Waals surface area contributed by atoms with Gasteiger partial charge in [0.05, 0.1) is 29.2 Å². The van der Waals surface area contributed by atoms with Crippen molar-refractivity contribution in [3.05, 3.63) is 81.9 Å². The molecule has 0 unspecified atom stereocenters. The van der Waals surface area contributed by atoms with Gasteiger partial charge in [0.25, 0.3) is 5.69 Å². The molecule has 5 nitrogen and oxygen atoms in total. The van der Waals surface area contributed by atoms with Gasteiger partial charge in [-0.3, -0.25) is 10.1 Å². The van der Waals surface area contributed by atoms with Crippen LogP contribution in [0, 0.1) is 21.4 Å². The zero-order chi connectivity index (χ0) is 16.7. The van der Waals surface area contributed by atoms with Crippen LogP contribution in [0.3, 0.4) is 0 Å². The van der Waals surface area contributed by atoms with Crippen molar-refractivity contribution in [3.8, 4) is 11.8 Å². The Kier molecular flexibility index (Phi) is 5.26. The minimum Gasteiger partial charge on any atom is -0.497 e. The number of nitro groups is 1. The molecule has 2 rings (SSSR count). The summed E-state index contributed by atoms with van der Waals surface area (Å²) in [5.41, 5.74) is 1.73. The number of hydrogen-bond donors (Lipinski definition) is 0. The molecule has 5 heteroatoms. The molecule has 0 amide bonds. The molecule has 23 heavy (non-hydrogen) atoms. The van der Waals surface area contributed by atoms with Crippen LogP contribution < -0.4 is 4.74 Å². The third kappa shape index (κ3) is 4.05. The van der Waals surface area contributed by atoms with Crippen LogP contribution in [0.25, 0.3) is 11.6 Å². The van der Waals surface area contributed by atoms with E-state index in [9.17, 15) is 15.4 Å². The molecule has 0 heterocycles. The number of allylic oxidation sites excluding steroid dienone is 3. The number of hydrogen-bond acceptors (Lipinski definition) is 4. The lowest BCUT2D eigenvalue weighted by Gasteiger charge is -2.01. The summed E-state index contributed by atoms with van der Waals surface area (Å²) in [5.74, 6) is 0.710. The van der Waals surface area contributed by atoms with Gasteiger partial charge in [-0.1, -0.05) is 18.2 Å². The van der Waals surface area contributed by atoms with E-state index in [2.05, 4.69) is 6.07 Å². The van der Waals surface area contributed by atoms with Crippen molar-refractivity contribution < 1.29 is 9.66 Å². The highest BCUT2D eigenvalue weighted by Crippen LogP contribution is 2.21. The Hall–Kier alpha value is -3.39. The second-order valence-corrected chi connectivity index (χ2v) is 4.60. The van der Waals surface area contributed by atoms with Gasteiger partial charge in [0.2, 0.25) is 0 Å². The van der Waals surface area contributed by atoms with Gasteiger partial charge in [0.15, 0.2) is 0 Å². The second kappa shape index (κ2) is 7.57. The average molecular weight is 306 g/mol. The maximum absolute atomic E-state index is 10.9. The quantitative estimate of drug-likeness (QED) is 0.358. The molecule has 0 bridgehead atoms. The summed E-state index contributed by atoms with van der Waals surface area (Å²) in [4.78, 5) is 10.5. The van der Waals surface area contributed by atoms with Crippen LogP contribution in [0.5, 0.6) is 5.75 Å². The first-order valence-corrected chi connectivity index (χ1v) is 6.82. The minimum absolute atomic E-state index is 0.0279. The van der Waals surface area contributed by atoms with Gasteiger partial charge in [-0.05, 0) is 48.0 Å². The van der Waals surface area contributed by atoms with Crippen LogP contribution in [0.15, 0.2) is 60.7 Å². The lowest BCUT2D eigenvalue weighted by molar-refractivity contribution is -0.385. The molecule has 0 aliphatic rings. The summed E-state index contributed by atoms with van der Waals surface area (Å²) in [5, 5.41) is 20.2. The summed E-state index contributed by atoms with van der Waals surface area (Å²) >= 11 is 0. The lowest BCUT2D eigenvalue weighted by Crippen LogP contribution is -1.90. The number of rotatable bonds is 5. The summed E-state index contributed by atoms with van der Waals surface area (Å²) < 4.78 is 5.08. The largest absolute Gasteiger partial charge is 0.497 e. The van der Waals surface area contributed by atoms with Crippen molar-refractivity contribution >= 4 is 17.3 Å². The number of ether oxygens (including phenoxy) is 1. The highest BCUT2D eigenvalue weighted by Gasteiger charge is 2.08. The van der Waals surface area contributed by atoms with Gasteiger partial charge in [-0.15, -0.1) is 0 Å². The summed E-state index contributed by atoms with van der Waals surface area (Å²) in [6.45, 7) is 0. The Balaban J connectivity index is 2.26. The van der Waals surface area contributed by atoms with E-state index in [1.54, 1.807) is 67.8 Å². The van der Waals surface area contributed by atoms with Crippen LogP contribution in [0.2, 0.25) is 0 Å². The molecule has 0 spiro atoms. The first kappa shape index (κ1) is 16.0. The van der Waals surface area contributed by atoms with E-state index in [-0.39, 0.29) is 5.69 Å². The first-order valence-electron chi connectivity index (χ1n) is 6.82. The molecule has 0 atom stereocenters. The Labute approximate surface area is 133 Å².